The standard InChI is InChI=1S/C19H22N2O2/c1-14-15(17-9-2-5-12-20-17)7-6-8-16(14)18(23)21-19(13-22)10-3-4-11-19/h2,5-9,12,22H,3-4,10-11,13H2,1H3,(H,21,23). The van der Waals surface area contributed by atoms with Crippen molar-refractivity contribution in [3.05, 3.63) is 53.7 Å². The van der Waals surface area contributed by atoms with Crippen molar-refractivity contribution in [2.45, 2.75) is 38.1 Å². The smallest absolute Gasteiger partial charge is 0.252 e. The minimum atomic E-state index is -0.454. The lowest BCUT2D eigenvalue weighted by molar-refractivity contribution is 0.0838. The first-order chi connectivity index (χ1) is 11.2. The van der Waals surface area contributed by atoms with E-state index in [4.69, 9.17) is 0 Å². The predicted octanol–water partition coefficient (Wildman–Crippen LogP) is 3.09. The third kappa shape index (κ3) is 3.13. The molecule has 2 aromatic rings. The summed E-state index contributed by atoms with van der Waals surface area (Å²) in [6.07, 6.45) is 5.53. The number of carbonyl (C=O) groups is 1. The highest BCUT2D eigenvalue weighted by Gasteiger charge is 2.35. The molecule has 0 saturated heterocycles. The van der Waals surface area contributed by atoms with Gasteiger partial charge in [0.25, 0.3) is 5.91 Å². The molecular weight excluding hydrogens is 288 g/mol. The molecule has 1 aliphatic rings. The van der Waals surface area contributed by atoms with E-state index in [2.05, 4.69) is 10.3 Å². The van der Waals surface area contributed by atoms with Gasteiger partial charge in [0.2, 0.25) is 0 Å². The van der Waals surface area contributed by atoms with Gasteiger partial charge in [-0.25, -0.2) is 0 Å². The lowest BCUT2D eigenvalue weighted by atomic mass is 9.95. The molecular formula is C19H22N2O2. The maximum Gasteiger partial charge on any atom is 0.252 e. The van der Waals surface area contributed by atoms with Gasteiger partial charge in [-0.3, -0.25) is 9.78 Å². The summed E-state index contributed by atoms with van der Waals surface area (Å²) in [5, 5.41) is 12.8. The normalized spacial score (nSPS) is 16.3. The van der Waals surface area contributed by atoms with Crippen molar-refractivity contribution >= 4 is 5.91 Å². The van der Waals surface area contributed by atoms with Crippen molar-refractivity contribution < 1.29 is 9.90 Å². The van der Waals surface area contributed by atoms with Crippen molar-refractivity contribution in [3.63, 3.8) is 0 Å². The fraction of sp³-hybridized carbons (Fsp3) is 0.368. The molecule has 0 atom stereocenters. The second kappa shape index (κ2) is 6.50. The van der Waals surface area contributed by atoms with Gasteiger partial charge in [-0.15, -0.1) is 0 Å². The molecule has 0 spiro atoms. The molecule has 120 valence electrons. The zero-order valence-corrected chi connectivity index (χ0v) is 13.4. The van der Waals surface area contributed by atoms with Gasteiger partial charge in [0.1, 0.15) is 0 Å². The predicted molar refractivity (Wildman–Crippen MR) is 90.2 cm³/mol. The molecule has 1 aromatic carbocycles. The number of aromatic nitrogens is 1. The summed E-state index contributed by atoms with van der Waals surface area (Å²) < 4.78 is 0. The topological polar surface area (TPSA) is 62.2 Å². The van der Waals surface area contributed by atoms with Crippen LogP contribution in [0.5, 0.6) is 0 Å². The van der Waals surface area contributed by atoms with Gasteiger partial charge >= 0.3 is 0 Å². The molecule has 1 fully saturated rings. The van der Waals surface area contributed by atoms with E-state index < -0.39 is 5.54 Å². The van der Waals surface area contributed by atoms with Gasteiger partial charge in [0.15, 0.2) is 0 Å². The van der Waals surface area contributed by atoms with Crippen LogP contribution in [-0.2, 0) is 0 Å². The van der Waals surface area contributed by atoms with Crippen molar-refractivity contribution in [2.75, 3.05) is 6.61 Å². The van der Waals surface area contributed by atoms with Crippen LogP contribution in [0.15, 0.2) is 42.6 Å². The number of aliphatic hydroxyl groups excluding tert-OH is 1. The number of hydrogen-bond donors (Lipinski definition) is 2. The Hall–Kier alpha value is -2.20. The Kier molecular flexibility index (Phi) is 4.44. The lowest BCUT2D eigenvalue weighted by Crippen LogP contribution is -2.49. The maximum atomic E-state index is 12.7. The molecule has 1 amide bonds. The van der Waals surface area contributed by atoms with Gasteiger partial charge in [-0.1, -0.05) is 31.0 Å². The van der Waals surface area contributed by atoms with Gasteiger partial charge < -0.3 is 10.4 Å². The van der Waals surface area contributed by atoms with Crippen molar-refractivity contribution in [1.29, 1.82) is 0 Å². The molecule has 0 radical (unpaired) electrons. The summed E-state index contributed by atoms with van der Waals surface area (Å²) in [4.78, 5) is 17.1. The maximum absolute atomic E-state index is 12.7. The molecule has 3 rings (SSSR count). The minimum Gasteiger partial charge on any atom is -0.394 e. The largest absolute Gasteiger partial charge is 0.394 e. The lowest BCUT2D eigenvalue weighted by Gasteiger charge is -2.28. The Labute approximate surface area is 136 Å². The Morgan fingerprint density at radius 3 is 2.65 bits per heavy atom. The van der Waals surface area contributed by atoms with E-state index in [1.54, 1.807) is 6.20 Å². The highest BCUT2D eigenvalue weighted by atomic mass is 16.3. The average Bonchev–Trinajstić information content (AvgIpc) is 3.05. The Balaban J connectivity index is 1.90. The molecule has 23 heavy (non-hydrogen) atoms. The summed E-state index contributed by atoms with van der Waals surface area (Å²) >= 11 is 0. The molecule has 0 bridgehead atoms. The number of nitrogens with zero attached hydrogens (tertiary/aromatic N) is 1. The van der Waals surface area contributed by atoms with Crippen LogP contribution >= 0.6 is 0 Å². The zero-order chi connectivity index (χ0) is 16.3. The van der Waals surface area contributed by atoms with E-state index >= 15 is 0 Å². The summed E-state index contributed by atoms with van der Waals surface area (Å²) in [6, 6.07) is 11.4. The number of rotatable bonds is 4. The van der Waals surface area contributed by atoms with Crippen LogP contribution < -0.4 is 5.32 Å². The fourth-order valence-corrected chi connectivity index (χ4v) is 3.36. The molecule has 1 saturated carbocycles. The monoisotopic (exact) mass is 310 g/mol. The van der Waals surface area contributed by atoms with Gasteiger partial charge in [-0.05, 0) is 43.5 Å². The molecule has 4 heteroatoms. The first-order valence-corrected chi connectivity index (χ1v) is 8.10. The summed E-state index contributed by atoms with van der Waals surface area (Å²) in [7, 11) is 0. The van der Waals surface area contributed by atoms with Crippen LogP contribution in [0.4, 0.5) is 0 Å². The molecule has 1 heterocycles. The molecule has 2 N–H and O–H groups in total. The third-order valence-electron chi connectivity index (χ3n) is 4.76. The summed E-state index contributed by atoms with van der Waals surface area (Å²) in [6.45, 7) is 1.94. The number of carbonyl (C=O) groups excluding carboxylic acids is 1. The van der Waals surface area contributed by atoms with Crippen molar-refractivity contribution in [2.24, 2.45) is 0 Å². The first-order valence-electron chi connectivity index (χ1n) is 8.10. The molecule has 0 unspecified atom stereocenters. The van der Waals surface area contributed by atoms with E-state index in [-0.39, 0.29) is 12.5 Å². The van der Waals surface area contributed by atoms with Gasteiger partial charge in [-0.2, -0.15) is 0 Å². The van der Waals surface area contributed by atoms with E-state index in [0.29, 0.717) is 5.56 Å². The fourth-order valence-electron chi connectivity index (χ4n) is 3.36. The van der Waals surface area contributed by atoms with Crippen LogP contribution in [0.2, 0.25) is 0 Å². The first kappa shape index (κ1) is 15.7. The van der Waals surface area contributed by atoms with Gasteiger partial charge in [0, 0.05) is 17.3 Å². The van der Waals surface area contributed by atoms with Crippen LogP contribution in [0.3, 0.4) is 0 Å². The van der Waals surface area contributed by atoms with Gasteiger partial charge in [0.05, 0.1) is 17.8 Å². The quantitative estimate of drug-likeness (QED) is 0.912. The number of benzene rings is 1. The van der Waals surface area contributed by atoms with Crippen molar-refractivity contribution in [1.82, 2.24) is 10.3 Å². The SMILES string of the molecule is Cc1c(C(=O)NC2(CO)CCCC2)cccc1-c1ccccn1. The van der Waals surface area contributed by atoms with E-state index in [9.17, 15) is 9.90 Å². The minimum absolute atomic E-state index is 0.00226. The van der Waals surface area contributed by atoms with E-state index in [1.807, 2.05) is 43.3 Å². The second-order valence-electron chi connectivity index (χ2n) is 6.29. The number of nitrogens with one attached hydrogen (secondary N) is 1. The Morgan fingerprint density at radius 1 is 1.22 bits per heavy atom. The molecule has 1 aliphatic carbocycles. The highest BCUT2D eigenvalue weighted by Crippen LogP contribution is 2.30. The average molecular weight is 310 g/mol. The number of amides is 1. The molecule has 4 nitrogen and oxygen atoms in total. The number of aliphatic hydroxyl groups is 1. The van der Waals surface area contributed by atoms with Crippen LogP contribution in [0, 0.1) is 6.92 Å². The molecule has 1 aromatic heterocycles. The zero-order valence-electron chi connectivity index (χ0n) is 13.4. The van der Waals surface area contributed by atoms with Crippen molar-refractivity contribution in [3.8, 4) is 11.3 Å². The van der Waals surface area contributed by atoms with Crippen LogP contribution in [-0.4, -0.2) is 28.1 Å². The Morgan fingerprint density at radius 2 is 2.00 bits per heavy atom. The highest BCUT2D eigenvalue weighted by molar-refractivity contribution is 5.97. The Bertz CT molecular complexity index is 692. The molecule has 0 aliphatic heterocycles. The number of pyridine rings is 1. The van der Waals surface area contributed by atoms with E-state index in [1.165, 1.54) is 0 Å². The second-order valence-corrected chi connectivity index (χ2v) is 6.29. The third-order valence-corrected chi connectivity index (χ3v) is 4.76. The van der Waals surface area contributed by atoms with Crippen LogP contribution in [0.25, 0.3) is 11.3 Å². The van der Waals surface area contributed by atoms with Crippen LogP contribution in [0.1, 0.15) is 41.6 Å². The number of hydrogen-bond acceptors (Lipinski definition) is 3. The summed E-state index contributed by atoms with van der Waals surface area (Å²) in [5.41, 5.74) is 2.92. The van der Waals surface area contributed by atoms with E-state index in [0.717, 1.165) is 42.5 Å². The summed E-state index contributed by atoms with van der Waals surface area (Å²) in [5.74, 6) is -0.115.